The molecule has 0 aromatic heterocycles. The molecule has 0 spiro atoms. The zero-order valence-electron chi connectivity index (χ0n) is 9.66. The van der Waals surface area contributed by atoms with Gasteiger partial charge < -0.3 is 15.0 Å². The molecule has 1 heterocycles. The Bertz CT molecular complexity index is 370. The third-order valence-electron chi connectivity index (χ3n) is 3.08. The van der Waals surface area contributed by atoms with Crippen LogP contribution < -0.4 is 15.0 Å². The summed E-state index contributed by atoms with van der Waals surface area (Å²) in [6.45, 7) is 2.05. The first-order chi connectivity index (χ1) is 7.74. The van der Waals surface area contributed by atoms with E-state index < -0.39 is 0 Å². The molecule has 1 N–H and O–H groups in total. The van der Waals surface area contributed by atoms with E-state index in [1.54, 1.807) is 7.11 Å². The topological polar surface area (TPSA) is 24.5 Å². The molecule has 0 amide bonds. The maximum absolute atomic E-state index is 6.02. The Balaban J connectivity index is 2.22. The van der Waals surface area contributed by atoms with E-state index in [1.165, 1.54) is 0 Å². The van der Waals surface area contributed by atoms with E-state index in [2.05, 4.69) is 10.2 Å². The molecule has 0 saturated carbocycles. The summed E-state index contributed by atoms with van der Waals surface area (Å²) in [7, 11) is 3.70. The van der Waals surface area contributed by atoms with Gasteiger partial charge in [0.1, 0.15) is 5.75 Å². The van der Waals surface area contributed by atoms with Gasteiger partial charge in [-0.25, -0.2) is 0 Å². The van der Waals surface area contributed by atoms with Gasteiger partial charge in [-0.15, -0.1) is 0 Å². The summed E-state index contributed by atoms with van der Waals surface area (Å²) in [6, 6.07) is 6.31. The number of halogens is 1. The predicted octanol–water partition coefficient (Wildman–Crippen LogP) is 2.15. The molecule has 88 valence electrons. The van der Waals surface area contributed by atoms with Crippen molar-refractivity contribution < 1.29 is 4.74 Å². The normalized spacial score (nSPS) is 20.2. The third-order valence-corrected chi connectivity index (χ3v) is 3.31. The van der Waals surface area contributed by atoms with Gasteiger partial charge in [-0.05, 0) is 31.7 Å². The van der Waals surface area contributed by atoms with E-state index in [1.807, 2.05) is 25.2 Å². The van der Waals surface area contributed by atoms with Crippen molar-refractivity contribution in [3.05, 3.63) is 23.2 Å². The molecule has 4 heteroatoms. The molecule has 1 saturated heterocycles. The zero-order valence-corrected chi connectivity index (χ0v) is 10.4. The zero-order chi connectivity index (χ0) is 11.5. The van der Waals surface area contributed by atoms with Gasteiger partial charge in [0, 0.05) is 24.2 Å². The van der Waals surface area contributed by atoms with Crippen LogP contribution in [0, 0.1) is 0 Å². The molecule has 0 aliphatic carbocycles. The smallest absolute Gasteiger partial charge is 0.142 e. The van der Waals surface area contributed by atoms with Gasteiger partial charge in [0.25, 0.3) is 0 Å². The Morgan fingerprint density at radius 2 is 2.31 bits per heavy atom. The van der Waals surface area contributed by atoms with Gasteiger partial charge in [-0.2, -0.15) is 0 Å². The number of hydrogen-bond donors (Lipinski definition) is 1. The highest BCUT2D eigenvalue weighted by Crippen LogP contribution is 2.33. The maximum atomic E-state index is 6.02. The van der Waals surface area contributed by atoms with Crippen LogP contribution in [-0.4, -0.2) is 33.3 Å². The van der Waals surface area contributed by atoms with Crippen molar-refractivity contribution in [2.45, 2.75) is 12.5 Å². The summed E-state index contributed by atoms with van der Waals surface area (Å²) >= 11 is 6.02. The standard InChI is InChI=1S/C12H17ClN2O/c1-14-10-5-6-15(8-10)11-7-9(13)3-4-12(11)16-2/h3-4,7,10,14H,5-6,8H2,1-2H3. The Morgan fingerprint density at radius 3 is 2.94 bits per heavy atom. The second-order valence-corrected chi connectivity index (χ2v) is 4.47. The fourth-order valence-electron chi connectivity index (χ4n) is 2.12. The molecule has 1 unspecified atom stereocenters. The lowest BCUT2D eigenvalue weighted by molar-refractivity contribution is 0.415. The first-order valence-electron chi connectivity index (χ1n) is 5.50. The molecule has 0 bridgehead atoms. The van der Waals surface area contributed by atoms with E-state index in [-0.39, 0.29) is 0 Å². The summed E-state index contributed by atoms with van der Waals surface area (Å²) in [5.74, 6) is 0.890. The minimum absolute atomic E-state index is 0.559. The van der Waals surface area contributed by atoms with Crippen LogP contribution in [0.1, 0.15) is 6.42 Å². The average molecular weight is 241 g/mol. The fraction of sp³-hybridized carbons (Fsp3) is 0.500. The number of likely N-dealkylation sites (N-methyl/N-ethyl adjacent to an activating group) is 1. The van der Waals surface area contributed by atoms with Crippen LogP contribution in [0.5, 0.6) is 5.75 Å². The lowest BCUT2D eigenvalue weighted by Crippen LogP contribution is -2.29. The van der Waals surface area contributed by atoms with Crippen molar-refractivity contribution in [2.75, 3.05) is 32.1 Å². The van der Waals surface area contributed by atoms with Crippen LogP contribution >= 0.6 is 11.6 Å². The lowest BCUT2D eigenvalue weighted by Gasteiger charge is -2.21. The quantitative estimate of drug-likeness (QED) is 0.876. The highest BCUT2D eigenvalue weighted by molar-refractivity contribution is 6.30. The van der Waals surface area contributed by atoms with Crippen molar-refractivity contribution in [1.82, 2.24) is 5.32 Å². The maximum Gasteiger partial charge on any atom is 0.142 e. The van der Waals surface area contributed by atoms with E-state index in [0.29, 0.717) is 6.04 Å². The van der Waals surface area contributed by atoms with E-state index in [9.17, 15) is 0 Å². The minimum atomic E-state index is 0.559. The van der Waals surface area contributed by atoms with E-state index >= 15 is 0 Å². The van der Waals surface area contributed by atoms with Crippen LogP contribution in [0.25, 0.3) is 0 Å². The second-order valence-electron chi connectivity index (χ2n) is 4.04. The fourth-order valence-corrected chi connectivity index (χ4v) is 2.29. The Labute approximate surface area is 101 Å². The van der Waals surface area contributed by atoms with Crippen molar-refractivity contribution in [2.24, 2.45) is 0 Å². The molecule has 1 fully saturated rings. The molecule has 3 nitrogen and oxygen atoms in total. The Kier molecular flexibility index (Phi) is 3.56. The largest absolute Gasteiger partial charge is 0.495 e. The molecular formula is C12H17ClN2O. The van der Waals surface area contributed by atoms with Crippen LogP contribution in [0.4, 0.5) is 5.69 Å². The van der Waals surface area contributed by atoms with Crippen molar-refractivity contribution in [1.29, 1.82) is 0 Å². The van der Waals surface area contributed by atoms with Gasteiger partial charge in [0.2, 0.25) is 0 Å². The monoisotopic (exact) mass is 240 g/mol. The molecule has 0 radical (unpaired) electrons. The number of rotatable bonds is 3. The number of benzene rings is 1. The summed E-state index contributed by atoms with van der Waals surface area (Å²) in [6.07, 6.45) is 1.16. The molecule has 1 aliphatic rings. The molecule has 1 atom stereocenters. The number of ether oxygens (including phenoxy) is 1. The first kappa shape index (κ1) is 11.6. The number of nitrogens with zero attached hydrogens (tertiary/aromatic N) is 1. The summed E-state index contributed by atoms with van der Waals surface area (Å²) in [5.41, 5.74) is 1.09. The summed E-state index contributed by atoms with van der Waals surface area (Å²) in [4.78, 5) is 2.31. The number of methoxy groups -OCH3 is 1. The van der Waals surface area contributed by atoms with Crippen molar-refractivity contribution in [3.8, 4) is 5.75 Å². The van der Waals surface area contributed by atoms with Gasteiger partial charge >= 0.3 is 0 Å². The van der Waals surface area contributed by atoms with Gasteiger partial charge in [-0.1, -0.05) is 11.6 Å². The van der Waals surface area contributed by atoms with Crippen molar-refractivity contribution >= 4 is 17.3 Å². The van der Waals surface area contributed by atoms with Gasteiger partial charge in [0.15, 0.2) is 0 Å². The van der Waals surface area contributed by atoms with Gasteiger partial charge in [-0.3, -0.25) is 0 Å². The third kappa shape index (κ3) is 2.25. The molecule has 16 heavy (non-hydrogen) atoms. The molecule has 1 aromatic carbocycles. The molecule has 2 rings (SSSR count). The summed E-state index contributed by atoms with van der Waals surface area (Å²) < 4.78 is 5.36. The second kappa shape index (κ2) is 4.93. The van der Waals surface area contributed by atoms with Crippen LogP contribution in [-0.2, 0) is 0 Å². The van der Waals surface area contributed by atoms with Gasteiger partial charge in [0.05, 0.1) is 12.8 Å². The highest BCUT2D eigenvalue weighted by atomic mass is 35.5. The van der Waals surface area contributed by atoms with Crippen molar-refractivity contribution in [3.63, 3.8) is 0 Å². The van der Waals surface area contributed by atoms with E-state index in [0.717, 1.165) is 36.0 Å². The van der Waals surface area contributed by atoms with Crippen LogP contribution in [0.3, 0.4) is 0 Å². The Hall–Kier alpha value is -0.930. The van der Waals surface area contributed by atoms with Crippen LogP contribution in [0.15, 0.2) is 18.2 Å². The number of hydrogen-bond acceptors (Lipinski definition) is 3. The predicted molar refractivity (Wildman–Crippen MR) is 67.7 cm³/mol. The SMILES string of the molecule is CNC1CCN(c2cc(Cl)ccc2OC)C1. The molecule has 1 aliphatic heterocycles. The lowest BCUT2D eigenvalue weighted by atomic mass is 10.2. The molecular weight excluding hydrogens is 224 g/mol. The van der Waals surface area contributed by atoms with E-state index in [4.69, 9.17) is 16.3 Å². The molecule has 1 aromatic rings. The first-order valence-corrected chi connectivity index (χ1v) is 5.88. The summed E-state index contributed by atoms with van der Waals surface area (Å²) in [5, 5.41) is 4.05. The Morgan fingerprint density at radius 1 is 1.50 bits per heavy atom. The van der Waals surface area contributed by atoms with Crippen LogP contribution in [0.2, 0.25) is 5.02 Å². The average Bonchev–Trinajstić information content (AvgIpc) is 2.77. The highest BCUT2D eigenvalue weighted by Gasteiger charge is 2.23. The number of nitrogens with one attached hydrogen (secondary N) is 1. The minimum Gasteiger partial charge on any atom is -0.495 e. The number of anilines is 1.